The van der Waals surface area contributed by atoms with Crippen LogP contribution in [-0.4, -0.2) is 22.1 Å². The number of carbonyl (C=O) groups excluding carboxylic acids is 1. The van der Waals surface area contributed by atoms with Crippen molar-refractivity contribution in [2.75, 3.05) is 5.32 Å². The van der Waals surface area contributed by atoms with Crippen molar-refractivity contribution in [3.63, 3.8) is 0 Å². The number of benzene rings is 1. The first-order valence-electron chi connectivity index (χ1n) is 5.91. The predicted octanol–water partition coefficient (Wildman–Crippen LogP) is 2.47. The molecule has 6 nitrogen and oxygen atoms in total. The Morgan fingerprint density at radius 2 is 2.14 bits per heavy atom. The van der Waals surface area contributed by atoms with Crippen LogP contribution in [0.3, 0.4) is 0 Å². The molecule has 0 radical (unpaired) electrons. The van der Waals surface area contributed by atoms with E-state index in [-0.39, 0.29) is 11.4 Å². The lowest BCUT2D eigenvalue weighted by molar-refractivity contribution is -0.131. The number of aliphatic carboxylic acids is 1. The molecule has 1 aromatic carbocycles. The molecule has 108 valence electrons. The smallest absolute Gasteiger partial charge is 0.328 e. The summed E-state index contributed by atoms with van der Waals surface area (Å²) in [6.07, 6.45) is 2.11. The summed E-state index contributed by atoms with van der Waals surface area (Å²) in [5.41, 5.74) is 0.159. The Labute approximate surface area is 118 Å². The van der Waals surface area contributed by atoms with Crippen LogP contribution in [0.1, 0.15) is 21.7 Å². The van der Waals surface area contributed by atoms with Crippen molar-refractivity contribution in [3.05, 3.63) is 53.0 Å². The summed E-state index contributed by atoms with van der Waals surface area (Å²) in [6, 6.07) is 5.27. The van der Waals surface area contributed by atoms with Crippen molar-refractivity contribution in [3.8, 4) is 0 Å². The fourth-order valence-electron chi connectivity index (χ4n) is 1.60. The van der Waals surface area contributed by atoms with Crippen molar-refractivity contribution in [2.45, 2.75) is 6.92 Å². The second kappa shape index (κ2) is 6.00. The normalized spacial score (nSPS) is 10.8. The average molecular weight is 290 g/mol. The quantitative estimate of drug-likeness (QED) is 0.844. The van der Waals surface area contributed by atoms with Crippen LogP contribution in [0.5, 0.6) is 0 Å². The molecule has 0 aliphatic heterocycles. The molecular formula is C14H11FN2O4. The van der Waals surface area contributed by atoms with Gasteiger partial charge in [0.15, 0.2) is 5.82 Å². The van der Waals surface area contributed by atoms with Crippen LogP contribution in [0.2, 0.25) is 0 Å². The van der Waals surface area contributed by atoms with Gasteiger partial charge in [0.2, 0.25) is 0 Å². The lowest BCUT2D eigenvalue weighted by Crippen LogP contribution is -2.14. The first kappa shape index (κ1) is 14.4. The lowest BCUT2D eigenvalue weighted by atomic mass is 10.1. The molecular weight excluding hydrogens is 279 g/mol. The summed E-state index contributed by atoms with van der Waals surface area (Å²) in [6.45, 7) is 1.66. The van der Waals surface area contributed by atoms with Gasteiger partial charge in [-0.25, -0.2) is 9.18 Å². The Kier molecular flexibility index (Phi) is 4.13. The maximum absolute atomic E-state index is 13.8. The number of halogens is 1. The molecule has 2 rings (SSSR count). The lowest BCUT2D eigenvalue weighted by Gasteiger charge is -2.03. The maximum Gasteiger partial charge on any atom is 0.328 e. The second-order valence-corrected chi connectivity index (χ2v) is 4.19. The molecule has 0 saturated carbocycles. The number of hydrogen-bond donors (Lipinski definition) is 2. The zero-order chi connectivity index (χ0) is 15.4. The Morgan fingerprint density at radius 3 is 2.71 bits per heavy atom. The molecule has 1 heterocycles. The molecule has 7 heteroatoms. The van der Waals surface area contributed by atoms with E-state index in [2.05, 4.69) is 10.5 Å². The Bertz CT molecular complexity index is 722. The van der Waals surface area contributed by atoms with Gasteiger partial charge in [-0.15, -0.1) is 0 Å². The molecule has 0 saturated heterocycles. The molecule has 0 fully saturated rings. The SMILES string of the molecule is Cc1cc(NC(=O)c2ccc(C=CC(=O)O)cc2F)no1. The van der Waals surface area contributed by atoms with Gasteiger partial charge >= 0.3 is 5.97 Å². The molecule has 2 N–H and O–H groups in total. The number of rotatable bonds is 4. The average Bonchev–Trinajstić information content (AvgIpc) is 2.81. The van der Waals surface area contributed by atoms with Crippen molar-refractivity contribution in [1.29, 1.82) is 0 Å². The summed E-state index contributed by atoms with van der Waals surface area (Å²) < 4.78 is 18.6. The van der Waals surface area contributed by atoms with Gasteiger partial charge in [-0.3, -0.25) is 4.79 Å². The van der Waals surface area contributed by atoms with Crippen LogP contribution >= 0.6 is 0 Å². The van der Waals surface area contributed by atoms with E-state index in [0.29, 0.717) is 11.3 Å². The first-order chi connectivity index (χ1) is 9.95. The van der Waals surface area contributed by atoms with Gasteiger partial charge in [0, 0.05) is 12.1 Å². The van der Waals surface area contributed by atoms with Gasteiger partial charge in [0.1, 0.15) is 11.6 Å². The summed E-state index contributed by atoms with van der Waals surface area (Å²) in [4.78, 5) is 22.3. The van der Waals surface area contributed by atoms with Crippen LogP contribution in [0.25, 0.3) is 6.08 Å². The second-order valence-electron chi connectivity index (χ2n) is 4.19. The standard InChI is InChI=1S/C14H11FN2O4/c1-8-6-12(17-21-8)16-14(20)10-4-2-9(7-11(10)15)3-5-13(18)19/h2-7H,1H3,(H,18,19)(H,16,17,20). The number of carboxylic acids is 1. The van der Waals surface area contributed by atoms with Gasteiger partial charge in [-0.2, -0.15) is 0 Å². The Balaban J connectivity index is 2.16. The minimum Gasteiger partial charge on any atom is -0.478 e. The molecule has 0 aliphatic rings. The van der Waals surface area contributed by atoms with E-state index < -0.39 is 17.7 Å². The Morgan fingerprint density at radius 1 is 1.38 bits per heavy atom. The van der Waals surface area contributed by atoms with E-state index in [1.54, 1.807) is 6.92 Å². The van der Waals surface area contributed by atoms with Gasteiger partial charge in [-0.05, 0) is 30.7 Å². The van der Waals surface area contributed by atoms with Crippen LogP contribution in [0, 0.1) is 12.7 Å². The van der Waals surface area contributed by atoms with Crippen molar-refractivity contribution in [1.82, 2.24) is 5.16 Å². The van der Waals surface area contributed by atoms with Crippen LogP contribution in [-0.2, 0) is 4.79 Å². The van der Waals surface area contributed by atoms with Crippen LogP contribution in [0.4, 0.5) is 10.2 Å². The number of anilines is 1. The first-order valence-corrected chi connectivity index (χ1v) is 5.91. The van der Waals surface area contributed by atoms with Crippen molar-refractivity contribution >= 4 is 23.8 Å². The summed E-state index contributed by atoms with van der Waals surface area (Å²) in [5, 5.41) is 14.5. The third-order valence-electron chi connectivity index (χ3n) is 2.53. The van der Waals surface area contributed by atoms with Crippen molar-refractivity contribution in [2.24, 2.45) is 0 Å². The topological polar surface area (TPSA) is 92.4 Å². The number of nitrogens with one attached hydrogen (secondary N) is 1. The molecule has 0 aliphatic carbocycles. The minimum atomic E-state index is -1.14. The summed E-state index contributed by atoms with van der Waals surface area (Å²) in [7, 11) is 0. The van der Waals surface area contributed by atoms with Gasteiger partial charge in [0.25, 0.3) is 5.91 Å². The molecule has 1 amide bonds. The largest absolute Gasteiger partial charge is 0.478 e. The van der Waals surface area contributed by atoms with Gasteiger partial charge in [0.05, 0.1) is 5.56 Å². The molecule has 0 bridgehead atoms. The van der Waals surface area contributed by atoms with Crippen LogP contribution in [0.15, 0.2) is 34.9 Å². The number of nitrogens with zero attached hydrogens (tertiary/aromatic N) is 1. The van der Waals surface area contributed by atoms with E-state index in [9.17, 15) is 14.0 Å². The molecule has 0 atom stereocenters. The van der Waals surface area contributed by atoms with E-state index in [4.69, 9.17) is 9.63 Å². The van der Waals surface area contributed by atoms with E-state index in [0.717, 1.165) is 12.1 Å². The fraction of sp³-hybridized carbons (Fsp3) is 0.0714. The van der Waals surface area contributed by atoms with Gasteiger partial charge in [-0.1, -0.05) is 11.2 Å². The van der Waals surface area contributed by atoms with Crippen molar-refractivity contribution < 1.29 is 23.6 Å². The zero-order valence-electron chi connectivity index (χ0n) is 11.0. The highest BCUT2D eigenvalue weighted by Gasteiger charge is 2.13. The number of aromatic nitrogens is 1. The molecule has 0 spiro atoms. The van der Waals surface area contributed by atoms with E-state index >= 15 is 0 Å². The van der Waals surface area contributed by atoms with Gasteiger partial charge < -0.3 is 14.9 Å². The maximum atomic E-state index is 13.8. The highest BCUT2D eigenvalue weighted by molar-refractivity contribution is 6.04. The molecule has 0 unspecified atom stereocenters. The summed E-state index contributed by atoms with van der Waals surface area (Å²) in [5.74, 6) is -1.87. The minimum absolute atomic E-state index is 0.178. The number of carbonyl (C=O) groups is 2. The molecule has 2 aromatic rings. The number of amides is 1. The third kappa shape index (κ3) is 3.75. The number of hydrogen-bond acceptors (Lipinski definition) is 4. The molecule has 1 aromatic heterocycles. The number of aryl methyl sites for hydroxylation is 1. The monoisotopic (exact) mass is 290 g/mol. The third-order valence-corrected chi connectivity index (χ3v) is 2.53. The summed E-state index contributed by atoms with van der Waals surface area (Å²) >= 11 is 0. The predicted molar refractivity (Wildman–Crippen MR) is 72.3 cm³/mol. The van der Waals surface area contributed by atoms with E-state index in [1.807, 2.05) is 0 Å². The zero-order valence-corrected chi connectivity index (χ0v) is 11.0. The van der Waals surface area contributed by atoms with Crippen LogP contribution < -0.4 is 5.32 Å². The highest BCUT2D eigenvalue weighted by atomic mass is 19.1. The fourth-order valence-corrected chi connectivity index (χ4v) is 1.60. The molecule has 21 heavy (non-hydrogen) atoms. The Hall–Kier alpha value is -2.96. The number of carboxylic acid groups (broad SMARTS) is 1. The highest BCUT2D eigenvalue weighted by Crippen LogP contribution is 2.14. The van der Waals surface area contributed by atoms with E-state index in [1.165, 1.54) is 24.3 Å².